The number of carbonyl (C=O) groups excluding carboxylic acids is 2. The highest BCUT2D eigenvalue weighted by Gasteiger charge is 2.29. The second-order valence-corrected chi connectivity index (χ2v) is 5.57. The molecule has 1 saturated heterocycles. The number of piperidine rings is 1. The molecule has 0 aromatic carbocycles. The third kappa shape index (κ3) is 3.20. The molecule has 2 N–H and O–H groups in total. The first-order valence-corrected chi connectivity index (χ1v) is 7.40. The quantitative estimate of drug-likeness (QED) is 0.899. The average molecular weight is 315 g/mol. The van der Waals surface area contributed by atoms with Gasteiger partial charge in [-0.25, -0.2) is 0 Å². The Bertz CT molecular complexity index is 725. The average Bonchev–Trinajstić information content (AvgIpc) is 3.01. The Balaban J connectivity index is 1.72. The van der Waals surface area contributed by atoms with Crippen LogP contribution in [0.2, 0.25) is 0 Å². The number of pyridine rings is 1. The van der Waals surface area contributed by atoms with E-state index in [0.29, 0.717) is 30.4 Å². The molecule has 2 aromatic heterocycles. The summed E-state index contributed by atoms with van der Waals surface area (Å²) in [7, 11) is 0. The molecule has 1 aliphatic rings. The van der Waals surface area contributed by atoms with E-state index in [2.05, 4.69) is 15.1 Å². The fourth-order valence-corrected chi connectivity index (χ4v) is 2.69. The zero-order chi connectivity index (χ0) is 16.4. The van der Waals surface area contributed by atoms with Crippen LogP contribution in [0.15, 0.2) is 22.9 Å². The van der Waals surface area contributed by atoms with Crippen LogP contribution in [-0.2, 0) is 0 Å². The van der Waals surface area contributed by atoms with Crippen LogP contribution in [0, 0.1) is 6.92 Å². The third-order valence-electron chi connectivity index (χ3n) is 3.86. The number of hydrogen-bond acceptors (Lipinski definition) is 6. The monoisotopic (exact) mass is 315 g/mol. The number of nitrogens with zero attached hydrogens (tertiary/aromatic N) is 4. The molecule has 0 aliphatic carbocycles. The van der Waals surface area contributed by atoms with Crippen molar-refractivity contribution in [3.63, 3.8) is 0 Å². The second kappa shape index (κ2) is 6.15. The van der Waals surface area contributed by atoms with E-state index in [4.69, 9.17) is 10.3 Å². The van der Waals surface area contributed by atoms with Crippen molar-refractivity contribution in [1.82, 2.24) is 20.0 Å². The Hall–Kier alpha value is -2.77. The van der Waals surface area contributed by atoms with Crippen molar-refractivity contribution in [1.29, 1.82) is 0 Å². The molecule has 0 bridgehead atoms. The molecule has 0 spiro atoms. The van der Waals surface area contributed by atoms with Gasteiger partial charge in [0.1, 0.15) is 5.69 Å². The highest BCUT2D eigenvalue weighted by molar-refractivity contribution is 5.95. The minimum Gasteiger partial charge on any atom is -0.364 e. The smallest absolute Gasteiger partial charge is 0.267 e. The van der Waals surface area contributed by atoms with Gasteiger partial charge in [-0.1, -0.05) is 5.16 Å². The fourth-order valence-electron chi connectivity index (χ4n) is 2.69. The Morgan fingerprint density at radius 1 is 1.39 bits per heavy atom. The number of carbonyl (C=O) groups is 2. The summed E-state index contributed by atoms with van der Waals surface area (Å²) in [4.78, 5) is 33.5. The minimum atomic E-state index is -0.617. The summed E-state index contributed by atoms with van der Waals surface area (Å²) in [6, 6.07) is 3.02. The normalized spacial score (nSPS) is 18.0. The van der Waals surface area contributed by atoms with E-state index < -0.39 is 5.91 Å². The number of hydrogen-bond donors (Lipinski definition) is 1. The molecule has 23 heavy (non-hydrogen) atoms. The summed E-state index contributed by atoms with van der Waals surface area (Å²) < 4.78 is 5.22. The molecule has 8 nitrogen and oxygen atoms in total. The molecule has 3 rings (SSSR count). The van der Waals surface area contributed by atoms with Gasteiger partial charge in [0.2, 0.25) is 5.89 Å². The number of aromatic nitrogens is 3. The number of aryl methyl sites for hydroxylation is 1. The topological polar surface area (TPSA) is 115 Å². The summed E-state index contributed by atoms with van der Waals surface area (Å²) in [6.45, 7) is 2.96. The van der Waals surface area contributed by atoms with Crippen LogP contribution in [0.25, 0.3) is 0 Å². The van der Waals surface area contributed by atoms with E-state index in [0.717, 1.165) is 12.8 Å². The molecule has 8 heteroatoms. The van der Waals surface area contributed by atoms with E-state index in [9.17, 15) is 9.59 Å². The van der Waals surface area contributed by atoms with E-state index in [1.54, 1.807) is 17.9 Å². The van der Waals surface area contributed by atoms with Gasteiger partial charge in [0.05, 0.1) is 11.5 Å². The zero-order valence-corrected chi connectivity index (χ0v) is 12.7. The summed E-state index contributed by atoms with van der Waals surface area (Å²) in [5, 5.41) is 3.80. The Morgan fingerprint density at radius 2 is 2.22 bits per heavy atom. The van der Waals surface area contributed by atoms with Gasteiger partial charge in [0.15, 0.2) is 5.82 Å². The van der Waals surface area contributed by atoms with Gasteiger partial charge in [0.25, 0.3) is 11.8 Å². The van der Waals surface area contributed by atoms with Gasteiger partial charge in [-0.05, 0) is 31.9 Å². The molecule has 0 radical (unpaired) electrons. The van der Waals surface area contributed by atoms with Crippen LogP contribution >= 0.6 is 0 Å². The van der Waals surface area contributed by atoms with Crippen molar-refractivity contribution in [3.05, 3.63) is 41.3 Å². The van der Waals surface area contributed by atoms with Gasteiger partial charge in [-0.15, -0.1) is 0 Å². The predicted molar refractivity (Wildman–Crippen MR) is 79.7 cm³/mol. The third-order valence-corrected chi connectivity index (χ3v) is 3.86. The number of rotatable bonds is 3. The molecule has 2 amide bonds. The summed E-state index contributed by atoms with van der Waals surface area (Å²) in [5.41, 5.74) is 5.71. The van der Waals surface area contributed by atoms with E-state index in [1.807, 2.05) is 0 Å². The van der Waals surface area contributed by atoms with E-state index >= 15 is 0 Å². The van der Waals surface area contributed by atoms with Crippen molar-refractivity contribution in [3.8, 4) is 0 Å². The van der Waals surface area contributed by atoms with Gasteiger partial charge in [-0.3, -0.25) is 14.6 Å². The molecule has 3 heterocycles. The second-order valence-electron chi connectivity index (χ2n) is 5.57. The maximum Gasteiger partial charge on any atom is 0.267 e. The van der Waals surface area contributed by atoms with Crippen molar-refractivity contribution in [2.75, 3.05) is 13.1 Å². The Kier molecular flexibility index (Phi) is 4.05. The maximum absolute atomic E-state index is 12.6. The van der Waals surface area contributed by atoms with Crippen LogP contribution in [0.5, 0.6) is 0 Å². The van der Waals surface area contributed by atoms with Crippen LogP contribution in [-0.4, -0.2) is 44.9 Å². The molecule has 1 fully saturated rings. The first-order chi connectivity index (χ1) is 11.0. The Morgan fingerprint density at radius 3 is 2.83 bits per heavy atom. The van der Waals surface area contributed by atoms with E-state index in [-0.39, 0.29) is 17.5 Å². The first kappa shape index (κ1) is 15.1. The first-order valence-electron chi connectivity index (χ1n) is 7.40. The molecule has 0 saturated carbocycles. The van der Waals surface area contributed by atoms with Crippen molar-refractivity contribution < 1.29 is 14.1 Å². The lowest BCUT2D eigenvalue weighted by atomic mass is 9.97. The summed E-state index contributed by atoms with van der Waals surface area (Å²) in [5.74, 6) is 0.465. The molecule has 120 valence electrons. The van der Waals surface area contributed by atoms with Gasteiger partial charge in [0, 0.05) is 19.3 Å². The van der Waals surface area contributed by atoms with Crippen LogP contribution in [0.4, 0.5) is 0 Å². The van der Waals surface area contributed by atoms with Crippen LogP contribution in [0.3, 0.4) is 0 Å². The standard InChI is InChI=1S/C15H17N5O3/c1-9-18-14(23-19-9)11-3-2-6-20(8-11)15(22)10-4-5-12(13(16)21)17-7-10/h4-5,7,11H,2-3,6,8H2,1H3,(H2,16,21). The van der Waals surface area contributed by atoms with E-state index in [1.165, 1.54) is 12.3 Å². The zero-order valence-electron chi connectivity index (χ0n) is 12.7. The number of nitrogens with two attached hydrogens (primary N) is 1. The van der Waals surface area contributed by atoms with Crippen molar-refractivity contribution in [2.45, 2.75) is 25.7 Å². The highest BCUT2D eigenvalue weighted by atomic mass is 16.5. The summed E-state index contributed by atoms with van der Waals surface area (Å²) in [6.07, 6.45) is 3.15. The summed E-state index contributed by atoms with van der Waals surface area (Å²) >= 11 is 0. The Labute approximate surface area is 132 Å². The molecule has 1 atom stereocenters. The molecule has 1 aliphatic heterocycles. The molecule has 1 unspecified atom stereocenters. The van der Waals surface area contributed by atoms with Crippen LogP contribution < -0.4 is 5.73 Å². The number of primary amides is 1. The van der Waals surface area contributed by atoms with Crippen molar-refractivity contribution in [2.24, 2.45) is 5.73 Å². The van der Waals surface area contributed by atoms with Crippen LogP contribution in [0.1, 0.15) is 51.3 Å². The molecular weight excluding hydrogens is 298 g/mol. The maximum atomic E-state index is 12.6. The molecule has 2 aromatic rings. The van der Waals surface area contributed by atoms with Gasteiger partial charge < -0.3 is 15.2 Å². The largest absolute Gasteiger partial charge is 0.364 e. The molecular formula is C15H17N5O3. The fraction of sp³-hybridized carbons (Fsp3) is 0.400. The highest BCUT2D eigenvalue weighted by Crippen LogP contribution is 2.26. The lowest BCUT2D eigenvalue weighted by Crippen LogP contribution is -2.39. The SMILES string of the molecule is Cc1noc(C2CCCN(C(=O)c3ccc(C(N)=O)nc3)C2)n1. The predicted octanol–water partition coefficient (Wildman–Crippen LogP) is 0.892. The lowest BCUT2D eigenvalue weighted by Gasteiger charge is -2.31. The van der Waals surface area contributed by atoms with Gasteiger partial charge >= 0.3 is 0 Å². The van der Waals surface area contributed by atoms with Gasteiger partial charge in [-0.2, -0.15) is 4.98 Å². The number of likely N-dealkylation sites (tertiary alicyclic amines) is 1. The number of amides is 2. The lowest BCUT2D eigenvalue weighted by molar-refractivity contribution is 0.0694. The van der Waals surface area contributed by atoms with Crippen molar-refractivity contribution >= 4 is 11.8 Å². The minimum absolute atomic E-state index is 0.0479.